The van der Waals surface area contributed by atoms with Crippen LogP contribution in [0.2, 0.25) is 0 Å². The number of carbonyl (C=O) groups is 2. The number of aromatic nitrogens is 1. The van der Waals surface area contributed by atoms with Gasteiger partial charge in [0.2, 0.25) is 0 Å². The first-order valence-corrected chi connectivity index (χ1v) is 9.83. The molecule has 0 aliphatic carbocycles. The third-order valence-electron chi connectivity index (χ3n) is 5.21. The highest BCUT2D eigenvalue weighted by molar-refractivity contribution is 6.46. The van der Waals surface area contributed by atoms with Crippen LogP contribution in [-0.2, 0) is 9.59 Å². The van der Waals surface area contributed by atoms with E-state index in [1.54, 1.807) is 43.8 Å². The van der Waals surface area contributed by atoms with Crippen LogP contribution >= 0.6 is 0 Å². The zero-order valence-corrected chi connectivity index (χ0v) is 17.8. The zero-order chi connectivity index (χ0) is 21.8. The topological polar surface area (TPSA) is 83.0 Å². The molecule has 1 N–H and O–H groups in total. The number of benzene rings is 1. The Morgan fingerprint density at radius 1 is 1.27 bits per heavy atom. The van der Waals surface area contributed by atoms with Crippen LogP contribution in [0.1, 0.15) is 29.2 Å². The number of likely N-dealkylation sites (tertiary alicyclic amines) is 1. The van der Waals surface area contributed by atoms with Crippen LogP contribution < -0.4 is 4.74 Å². The highest BCUT2D eigenvalue weighted by atomic mass is 16.5. The first-order valence-electron chi connectivity index (χ1n) is 9.83. The lowest BCUT2D eigenvalue weighted by atomic mass is 9.95. The highest BCUT2D eigenvalue weighted by Gasteiger charge is 2.45. The molecule has 1 fully saturated rings. The summed E-state index contributed by atoms with van der Waals surface area (Å²) in [5.41, 5.74) is 2.06. The molecule has 0 unspecified atom stereocenters. The number of ether oxygens (including phenoxy) is 1. The van der Waals surface area contributed by atoms with Crippen molar-refractivity contribution in [1.82, 2.24) is 14.8 Å². The number of aryl methyl sites for hydroxylation is 1. The smallest absolute Gasteiger partial charge is 0.295 e. The molecule has 1 aromatic heterocycles. The quantitative estimate of drug-likeness (QED) is 0.430. The summed E-state index contributed by atoms with van der Waals surface area (Å²) >= 11 is 0. The van der Waals surface area contributed by atoms with Crippen LogP contribution in [-0.4, -0.2) is 65.9 Å². The van der Waals surface area contributed by atoms with Crippen molar-refractivity contribution in [1.29, 1.82) is 0 Å². The number of hydrogen-bond donors (Lipinski definition) is 1. The van der Waals surface area contributed by atoms with Crippen molar-refractivity contribution in [2.45, 2.75) is 19.4 Å². The van der Waals surface area contributed by atoms with E-state index < -0.39 is 17.7 Å². The SMILES string of the molecule is COc1ccc(/C(O)=C2\C(=O)C(=O)N(CCCN(C)C)[C@H]2c2cccnc2)cc1C. The number of pyridine rings is 1. The largest absolute Gasteiger partial charge is 0.507 e. The van der Waals surface area contributed by atoms with Crippen LogP contribution in [0, 0.1) is 6.92 Å². The first kappa shape index (κ1) is 21.5. The molecule has 1 aliphatic rings. The van der Waals surface area contributed by atoms with Gasteiger partial charge in [0.05, 0.1) is 18.7 Å². The molecule has 1 amide bonds. The molecule has 3 rings (SSSR count). The third kappa shape index (κ3) is 4.21. The predicted octanol–water partition coefficient (Wildman–Crippen LogP) is 2.77. The molecule has 1 aromatic carbocycles. The molecule has 158 valence electrons. The van der Waals surface area contributed by atoms with E-state index >= 15 is 0 Å². The summed E-state index contributed by atoms with van der Waals surface area (Å²) in [5.74, 6) is -0.795. The van der Waals surface area contributed by atoms with Crippen LogP contribution in [0.4, 0.5) is 0 Å². The molecule has 7 heteroatoms. The third-order valence-corrected chi connectivity index (χ3v) is 5.21. The van der Waals surface area contributed by atoms with Gasteiger partial charge in [0, 0.05) is 24.5 Å². The number of nitrogens with zero attached hydrogens (tertiary/aromatic N) is 3. The van der Waals surface area contributed by atoms with Crippen LogP contribution in [0.25, 0.3) is 5.76 Å². The monoisotopic (exact) mass is 409 g/mol. The summed E-state index contributed by atoms with van der Waals surface area (Å²) in [4.78, 5) is 33.5. The molecule has 1 aliphatic heterocycles. The Balaban J connectivity index is 2.08. The van der Waals surface area contributed by atoms with Gasteiger partial charge in [0.1, 0.15) is 11.5 Å². The van der Waals surface area contributed by atoms with Crippen molar-refractivity contribution < 1.29 is 19.4 Å². The van der Waals surface area contributed by atoms with Gasteiger partial charge < -0.3 is 19.6 Å². The van der Waals surface area contributed by atoms with Crippen LogP contribution in [0.3, 0.4) is 0 Å². The Hall–Kier alpha value is -3.19. The Kier molecular flexibility index (Phi) is 6.52. The molecule has 7 nitrogen and oxygen atoms in total. The van der Waals surface area contributed by atoms with Gasteiger partial charge >= 0.3 is 0 Å². The summed E-state index contributed by atoms with van der Waals surface area (Å²) in [7, 11) is 5.49. The van der Waals surface area contributed by atoms with Gasteiger partial charge in [0.15, 0.2) is 0 Å². The second kappa shape index (κ2) is 9.09. The summed E-state index contributed by atoms with van der Waals surface area (Å²) in [5, 5.41) is 11.1. The average Bonchev–Trinajstić information content (AvgIpc) is 2.98. The van der Waals surface area contributed by atoms with Gasteiger partial charge in [-0.05, 0) is 69.4 Å². The van der Waals surface area contributed by atoms with Gasteiger partial charge in [-0.1, -0.05) is 6.07 Å². The fraction of sp³-hybridized carbons (Fsp3) is 0.348. The van der Waals surface area contributed by atoms with Crippen molar-refractivity contribution in [3.05, 3.63) is 65.0 Å². The number of methoxy groups -OCH3 is 1. The molecule has 0 saturated carbocycles. The Labute approximate surface area is 176 Å². The number of amides is 1. The van der Waals surface area contributed by atoms with Crippen molar-refractivity contribution in [2.24, 2.45) is 0 Å². The van der Waals surface area contributed by atoms with Crippen molar-refractivity contribution in [2.75, 3.05) is 34.3 Å². The Morgan fingerprint density at radius 2 is 2.03 bits per heavy atom. The number of rotatable bonds is 7. The van der Waals surface area contributed by atoms with Gasteiger partial charge in [-0.25, -0.2) is 0 Å². The number of hydrogen-bond acceptors (Lipinski definition) is 6. The normalized spacial score (nSPS) is 18.3. The number of ketones is 1. The van der Waals surface area contributed by atoms with E-state index in [0.29, 0.717) is 29.8 Å². The van der Waals surface area contributed by atoms with Crippen LogP contribution in [0.5, 0.6) is 5.75 Å². The van der Waals surface area contributed by atoms with Gasteiger partial charge in [0.25, 0.3) is 11.7 Å². The first-order chi connectivity index (χ1) is 14.3. The average molecular weight is 409 g/mol. The number of aliphatic hydroxyl groups excluding tert-OH is 1. The van der Waals surface area contributed by atoms with Gasteiger partial charge in [-0.3, -0.25) is 14.6 Å². The van der Waals surface area contributed by atoms with Crippen LogP contribution in [0.15, 0.2) is 48.3 Å². The molecular formula is C23H27N3O4. The molecule has 2 aromatic rings. The minimum Gasteiger partial charge on any atom is -0.507 e. The standard InChI is InChI=1S/C23H27N3O4/c1-15-13-16(8-9-18(15)30-4)21(27)19-20(17-7-5-10-24-14-17)26(23(29)22(19)28)12-6-11-25(2)3/h5,7-10,13-14,20,27H,6,11-12H2,1-4H3/b21-19+/t20-/m0/s1. The Morgan fingerprint density at radius 3 is 2.63 bits per heavy atom. The van der Waals surface area contributed by atoms with Gasteiger partial charge in [-0.15, -0.1) is 0 Å². The summed E-state index contributed by atoms with van der Waals surface area (Å²) in [6, 6.07) is 8.05. The molecule has 30 heavy (non-hydrogen) atoms. The summed E-state index contributed by atoms with van der Waals surface area (Å²) in [6.45, 7) is 3.04. The van der Waals surface area contributed by atoms with Gasteiger partial charge in [-0.2, -0.15) is 0 Å². The number of aliphatic hydroxyl groups is 1. The van der Waals surface area contributed by atoms with Crippen molar-refractivity contribution in [3.8, 4) is 5.75 Å². The second-order valence-corrected chi connectivity index (χ2v) is 7.62. The van der Waals surface area contributed by atoms with E-state index in [9.17, 15) is 14.7 Å². The lowest BCUT2D eigenvalue weighted by molar-refractivity contribution is -0.139. The summed E-state index contributed by atoms with van der Waals surface area (Å²) in [6.07, 6.45) is 3.97. The number of carbonyl (C=O) groups excluding carboxylic acids is 2. The highest BCUT2D eigenvalue weighted by Crippen LogP contribution is 2.39. The maximum Gasteiger partial charge on any atom is 0.295 e. The van der Waals surface area contributed by atoms with E-state index in [0.717, 1.165) is 12.1 Å². The minimum absolute atomic E-state index is 0.0856. The molecular weight excluding hydrogens is 382 g/mol. The van der Waals surface area contributed by atoms with Crippen molar-refractivity contribution in [3.63, 3.8) is 0 Å². The van der Waals surface area contributed by atoms with E-state index in [-0.39, 0.29) is 11.3 Å². The molecule has 2 heterocycles. The maximum atomic E-state index is 13.0. The zero-order valence-electron chi connectivity index (χ0n) is 17.8. The second-order valence-electron chi connectivity index (χ2n) is 7.62. The molecule has 1 atom stereocenters. The molecule has 0 bridgehead atoms. The fourth-order valence-electron chi connectivity index (χ4n) is 3.73. The molecule has 0 radical (unpaired) electrons. The van der Waals surface area contributed by atoms with E-state index in [1.807, 2.05) is 32.0 Å². The summed E-state index contributed by atoms with van der Waals surface area (Å²) < 4.78 is 5.28. The molecule has 1 saturated heterocycles. The lowest BCUT2D eigenvalue weighted by Crippen LogP contribution is -2.32. The fourth-order valence-corrected chi connectivity index (χ4v) is 3.73. The molecule has 0 spiro atoms. The van der Waals surface area contributed by atoms with E-state index in [2.05, 4.69) is 4.98 Å². The van der Waals surface area contributed by atoms with E-state index in [4.69, 9.17) is 4.74 Å². The predicted molar refractivity (Wildman–Crippen MR) is 114 cm³/mol. The van der Waals surface area contributed by atoms with E-state index in [1.165, 1.54) is 4.90 Å². The maximum absolute atomic E-state index is 13.0. The minimum atomic E-state index is -0.681. The number of Topliss-reactive ketones (excluding diaryl/α,β-unsaturated/α-hetero) is 1. The lowest BCUT2D eigenvalue weighted by Gasteiger charge is -2.25. The van der Waals surface area contributed by atoms with Crippen molar-refractivity contribution >= 4 is 17.4 Å². The Bertz CT molecular complexity index is 970.